The van der Waals surface area contributed by atoms with Gasteiger partial charge in [0.2, 0.25) is 0 Å². The molecular weight excluding hydrogens is 509 g/mol. The van der Waals surface area contributed by atoms with E-state index in [0.717, 1.165) is 12.8 Å². The maximum absolute atomic E-state index is 15.1. The molecule has 0 radical (unpaired) electrons. The molecule has 38 heavy (non-hydrogen) atoms. The van der Waals surface area contributed by atoms with Crippen LogP contribution in [-0.2, 0) is 28.6 Å². The lowest BCUT2D eigenvalue weighted by Gasteiger charge is -2.69. The molecule has 0 unspecified atom stereocenters. The molecule has 4 aliphatic rings. The normalized spacial score (nSPS) is 24.9. The SMILES string of the molecule is [C-]#[N+]c1c(-c2ccc(CC(=O)Cc3cc(C45CC(C(F)(F)F)(C4)C5)no3)c(F)c2F)nn(C2(C)CC2)c1N. The fraction of sp³-hybridized carbons (Fsp3) is 0.462. The molecule has 2 N–H and O–H groups in total. The Hall–Kier alpha value is -3.75. The summed E-state index contributed by atoms with van der Waals surface area (Å²) in [5.74, 6) is -2.71. The molecule has 4 fully saturated rings. The third-order valence-electron chi connectivity index (χ3n) is 8.40. The van der Waals surface area contributed by atoms with Gasteiger partial charge in [-0.1, -0.05) is 17.3 Å². The molecule has 0 aliphatic heterocycles. The number of nitrogens with zero attached hydrogens (tertiary/aromatic N) is 4. The van der Waals surface area contributed by atoms with Crippen molar-refractivity contribution in [2.45, 2.75) is 69.0 Å². The van der Waals surface area contributed by atoms with Gasteiger partial charge < -0.3 is 10.3 Å². The quantitative estimate of drug-likeness (QED) is 0.308. The molecule has 7 nitrogen and oxygen atoms in total. The lowest BCUT2D eigenvalue weighted by molar-refractivity contribution is -0.338. The summed E-state index contributed by atoms with van der Waals surface area (Å²) in [6.45, 7) is 9.35. The summed E-state index contributed by atoms with van der Waals surface area (Å²) >= 11 is 0. The van der Waals surface area contributed by atoms with Crippen LogP contribution in [0, 0.1) is 23.6 Å². The van der Waals surface area contributed by atoms with E-state index >= 15 is 4.39 Å². The van der Waals surface area contributed by atoms with Crippen molar-refractivity contribution in [3.8, 4) is 11.3 Å². The van der Waals surface area contributed by atoms with Gasteiger partial charge in [0, 0.05) is 23.5 Å². The van der Waals surface area contributed by atoms with E-state index in [0.29, 0.717) is 5.69 Å². The second-order valence-corrected chi connectivity index (χ2v) is 11.2. The monoisotopic (exact) mass is 531 g/mol. The third-order valence-corrected chi connectivity index (χ3v) is 8.40. The van der Waals surface area contributed by atoms with Gasteiger partial charge in [0.05, 0.1) is 29.6 Å². The Labute approximate surface area is 213 Å². The molecule has 4 saturated carbocycles. The minimum absolute atomic E-state index is 0.0431. The van der Waals surface area contributed by atoms with Crippen LogP contribution < -0.4 is 5.73 Å². The number of halogens is 5. The molecule has 1 aromatic carbocycles. The van der Waals surface area contributed by atoms with Crippen LogP contribution in [0.4, 0.5) is 33.5 Å². The minimum Gasteiger partial charge on any atom is -0.393 e. The van der Waals surface area contributed by atoms with Gasteiger partial charge in [-0.3, -0.25) is 9.48 Å². The maximum atomic E-state index is 15.1. The summed E-state index contributed by atoms with van der Waals surface area (Å²) in [5, 5.41) is 8.18. The number of ketones is 1. The largest absolute Gasteiger partial charge is 0.394 e. The zero-order valence-electron chi connectivity index (χ0n) is 20.3. The number of hydrogen-bond acceptors (Lipinski definition) is 5. The molecule has 4 aliphatic carbocycles. The van der Waals surface area contributed by atoms with Crippen molar-refractivity contribution in [1.82, 2.24) is 14.9 Å². The average molecular weight is 531 g/mol. The number of benzene rings is 1. The highest BCUT2D eigenvalue weighted by Crippen LogP contribution is 2.78. The molecule has 0 amide bonds. The predicted molar refractivity (Wildman–Crippen MR) is 124 cm³/mol. The third kappa shape index (κ3) is 3.40. The Morgan fingerprint density at radius 1 is 1.18 bits per heavy atom. The van der Waals surface area contributed by atoms with Gasteiger partial charge in [-0.15, -0.1) is 0 Å². The topological polar surface area (TPSA) is 91.3 Å². The summed E-state index contributed by atoms with van der Waals surface area (Å²) in [7, 11) is 0. The smallest absolute Gasteiger partial charge is 0.393 e. The molecule has 198 valence electrons. The van der Waals surface area contributed by atoms with E-state index in [1.165, 1.54) is 22.9 Å². The molecular formula is C26H22F5N5O2. The molecule has 2 bridgehead atoms. The zero-order valence-corrected chi connectivity index (χ0v) is 20.3. The van der Waals surface area contributed by atoms with Gasteiger partial charge in [-0.05, 0) is 44.6 Å². The fourth-order valence-corrected chi connectivity index (χ4v) is 5.90. The van der Waals surface area contributed by atoms with Gasteiger partial charge >= 0.3 is 6.18 Å². The molecule has 0 saturated heterocycles. The van der Waals surface area contributed by atoms with Gasteiger partial charge in [-0.2, -0.15) is 18.3 Å². The second kappa shape index (κ2) is 7.65. The van der Waals surface area contributed by atoms with Crippen molar-refractivity contribution < 1.29 is 31.3 Å². The maximum Gasteiger partial charge on any atom is 0.394 e. The van der Waals surface area contributed by atoms with Gasteiger partial charge in [0.15, 0.2) is 11.6 Å². The lowest BCUT2D eigenvalue weighted by Crippen LogP contribution is -2.70. The minimum atomic E-state index is -4.24. The van der Waals surface area contributed by atoms with Crippen molar-refractivity contribution in [2.75, 3.05) is 5.73 Å². The van der Waals surface area contributed by atoms with Crippen molar-refractivity contribution in [3.63, 3.8) is 0 Å². The summed E-state index contributed by atoms with van der Waals surface area (Å²) < 4.78 is 76.1. The van der Waals surface area contributed by atoms with Crippen LogP contribution in [0.5, 0.6) is 0 Å². The molecule has 12 heteroatoms. The first-order valence-corrected chi connectivity index (χ1v) is 12.1. The van der Waals surface area contributed by atoms with Crippen LogP contribution >= 0.6 is 0 Å². The number of alkyl halides is 3. The highest BCUT2D eigenvalue weighted by atomic mass is 19.4. The Balaban J connectivity index is 1.16. The van der Waals surface area contributed by atoms with Crippen molar-refractivity contribution in [1.29, 1.82) is 0 Å². The number of carbonyl (C=O) groups excluding carboxylic acids is 1. The number of nitrogens with two attached hydrogens (primary N) is 1. The van der Waals surface area contributed by atoms with E-state index in [-0.39, 0.29) is 65.3 Å². The number of hydrogen-bond donors (Lipinski definition) is 1. The van der Waals surface area contributed by atoms with Gasteiger partial charge in [-0.25, -0.2) is 13.6 Å². The van der Waals surface area contributed by atoms with Gasteiger partial charge in [0.1, 0.15) is 23.1 Å². The van der Waals surface area contributed by atoms with Crippen LogP contribution in [0.25, 0.3) is 16.1 Å². The lowest BCUT2D eigenvalue weighted by atomic mass is 9.34. The first-order valence-electron chi connectivity index (χ1n) is 12.1. The van der Waals surface area contributed by atoms with Crippen LogP contribution in [-0.4, -0.2) is 26.9 Å². The van der Waals surface area contributed by atoms with Gasteiger partial charge in [0.25, 0.3) is 5.69 Å². The molecule has 3 aromatic rings. The molecule has 0 spiro atoms. The van der Waals surface area contributed by atoms with E-state index in [2.05, 4.69) is 15.1 Å². The second-order valence-electron chi connectivity index (χ2n) is 11.2. The molecule has 2 aromatic heterocycles. The summed E-state index contributed by atoms with van der Waals surface area (Å²) in [6, 6.07) is 4.00. The standard InChI is InChI=1S/C26H22F5N5O2/c1-23(5-6-23)36-22(32)21(33-2)20(34-36)16-4-3-13(18(27)19(16)28)7-14(37)8-15-9-17(35-38-15)24-10-25(11-24,12-24)26(29,30)31/h3-4,9H,5-8,10-12,32H2,1H3. The Morgan fingerprint density at radius 2 is 1.87 bits per heavy atom. The predicted octanol–water partition coefficient (Wildman–Crippen LogP) is 5.80. The van der Waals surface area contributed by atoms with E-state index < -0.39 is 40.8 Å². The van der Waals surface area contributed by atoms with E-state index in [1.807, 2.05) is 6.92 Å². The first kappa shape index (κ1) is 24.6. The summed E-state index contributed by atoms with van der Waals surface area (Å²) in [4.78, 5) is 16.0. The number of nitrogen functional groups attached to an aromatic ring is 1. The highest BCUT2D eigenvalue weighted by Gasteiger charge is 2.79. The number of aromatic nitrogens is 3. The van der Waals surface area contributed by atoms with Crippen LogP contribution in [0.15, 0.2) is 22.7 Å². The Bertz CT molecular complexity index is 1520. The first-order chi connectivity index (χ1) is 17.8. The number of carbonyl (C=O) groups is 1. The molecule has 2 heterocycles. The van der Waals surface area contributed by atoms with Crippen molar-refractivity contribution in [2.24, 2.45) is 5.41 Å². The summed E-state index contributed by atoms with van der Waals surface area (Å²) in [5.41, 5.74) is 3.26. The summed E-state index contributed by atoms with van der Waals surface area (Å²) in [6.07, 6.45) is -3.48. The van der Waals surface area contributed by atoms with E-state index in [4.69, 9.17) is 16.8 Å². The van der Waals surface area contributed by atoms with E-state index in [9.17, 15) is 22.4 Å². The van der Waals surface area contributed by atoms with Crippen LogP contribution in [0.1, 0.15) is 56.0 Å². The van der Waals surface area contributed by atoms with Crippen LogP contribution in [0.2, 0.25) is 0 Å². The Kier molecular flexibility index (Phi) is 4.95. The highest BCUT2D eigenvalue weighted by molar-refractivity contribution is 5.85. The Morgan fingerprint density at radius 3 is 2.47 bits per heavy atom. The number of anilines is 1. The fourth-order valence-electron chi connectivity index (χ4n) is 5.90. The molecule has 0 atom stereocenters. The number of Topliss-reactive ketones (excluding diaryl/α,β-unsaturated/α-hetero) is 1. The van der Waals surface area contributed by atoms with E-state index in [1.54, 1.807) is 0 Å². The van der Waals surface area contributed by atoms with Crippen molar-refractivity contribution >= 4 is 17.3 Å². The number of rotatable bonds is 7. The average Bonchev–Trinajstić information content (AvgIpc) is 3.20. The molecule has 7 rings (SSSR count). The van der Waals surface area contributed by atoms with Crippen LogP contribution in [0.3, 0.4) is 0 Å². The van der Waals surface area contributed by atoms with Crippen molar-refractivity contribution in [3.05, 3.63) is 58.3 Å². The zero-order chi connectivity index (χ0) is 27.3.